The topological polar surface area (TPSA) is 55.6 Å². The van der Waals surface area contributed by atoms with Crippen LogP contribution < -0.4 is 5.73 Å². The van der Waals surface area contributed by atoms with Crippen LogP contribution in [0.2, 0.25) is 0 Å². The van der Waals surface area contributed by atoms with Gasteiger partial charge in [-0.25, -0.2) is 0 Å². The Hall–Kier alpha value is -0.580. The summed E-state index contributed by atoms with van der Waals surface area (Å²) < 4.78 is 5.51. The number of rotatable bonds is 5. The summed E-state index contributed by atoms with van der Waals surface area (Å²) in [4.78, 5) is 14.1. The Bertz CT molecular complexity index is 325. The van der Waals surface area contributed by atoms with Crippen molar-refractivity contribution in [1.82, 2.24) is 4.90 Å². The lowest BCUT2D eigenvalue weighted by molar-refractivity contribution is -0.141. The van der Waals surface area contributed by atoms with Crippen molar-refractivity contribution in [1.29, 1.82) is 0 Å². The molecule has 1 saturated heterocycles. The van der Waals surface area contributed by atoms with Crippen LogP contribution in [0.15, 0.2) is 12.7 Å². The molecule has 0 aromatic heterocycles. The number of likely N-dealkylation sites (tertiary alicyclic amines) is 1. The summed E-state index contributed by atoms with van der Waals surface area (Å²) in [5.41, 5.74) is 6.08. The predicted octanol–water partition coefficient (Wildman–Crippen LogP) is 1.59. The van der Waals surface area contributed by atoms with Crippen molar-refractivity contribution >= 4 is 18.3 Å². The maximum absolute atomic E-state index is 12.2. The standard InChI is InChI=1S/C14H24N2O2.ClH/c1-3-4-7-18-10(2)14(17)16-8-11-5-6-13(15)12(11)9-16;/h3,10-13H,1,4-9,15H2,2H3;1H. The molecule has 1 amide bonds. The Labute approximate surface area is 121 Å². The summed E-state index contributed by atoms with van der Waals surface area (Å²) in [6.07, 6.45) is 4.52. The van der Waals surface area contributed by atoms with Gasteiger partial charge in [-0.1, -0.05) is 6.08 Å². The Morgan fingerprint density at radius 3 is 2.89 bits per heavy atom. The van der Waals surface area contributed by atoms with Crippen molar-refractivity contribution in [3.63, 3.8) is 0 Å². The van der Waals surface area contributed by atoms with Gasteiger partial charge in [-0.15, -0.1) is 19.0 Å². The summed E-state index contributed by atoms with van der Waals surface area (Å²) in [5, 5.41) is 0. The van der Waals surface area contributed by atoms with E-state index in [-0.39, 0.29) is 30.5 Å². The van der Waals surface area contributed by atoms with Gasteiger partial charge in [-0.3, -0.25) is 4.79 Å². The van der Waals surface area contributed by atoms with Gasteiger partial charge in [0.15, 0.2) is 0 Å². The molecule has 4 nitrogen and oxygen atoms in total. The molecule has 4 unspecified atom stereocenters. The number of hydrogen-bond donors (Lipinski definition) is 1. The molecule has 1 heterocycles. The fourth-order valence-electron chi connectivity index (χ4n) is 3.14. The fourth-order valence-corrected chi connectivity index (χ4v) is 3.14. The van der Waals surface area contributed by atoms with E-state index in [1.54, 1.807) is 6.08 Å². The number of nitrogens with two attached hydrogens (primary N) is 1. The monoisotopic (exact) mass is 288 g/mol. The lowest BCUT2D eigenvalue weighted by Crippen LogP contribution is -2.39. The highest BCUT2D eigenvalue weighted by Crippen LogP contribution is 2.37. The summed E-state index contributed by atoms with van der Waals surface area (Å²) in [5.74, 6) is 1.24. The van der Waals surface area contributed by atoms with Gasteiger partial charge in [0.05, 0.1) is 6.61 Å². The van der Waals surface area contributed by atoms with Crippen LogP contribution >= 0.6 is 12.4 Å². The molecule has 0 aromatic rings. The fraction of sp³-hybridized carbons (Fsp3) is 0.786. The first-order chi connectivity index (χ1) is 8.63. The first kappa shape index (κ1) is 16.5. The van der Waals surface area contributed by atoms with Gasteiger partial charge >= 0.3 is 0 Å². The highest BCUT2D eigenvalue weighted by Gasteiger charge is 2.43. The molecule has 0 bridgehead atoms. The number of carbonyl (C=O) groups excluding carboxylic acids is 1. The highest BCUT2D eigenvalue weighted by atomic mass is 35.5. The molecule has 2 fully saturated rings. The molecule has 0 spiro atoms. The third-order valence-corrected chi connectivity index (χ3v) is 4.26. The largest absolute Gasteiger partial charge is 0.368 e. The van der Waals surface area contributed by atoms with Gasteiger partial charge in [0.25, 0.3) is 5.91 Å². The molecular formula is C14H25ClN2O2. The maximum Gasteiger partial charge on any atom is 0.251 e. The minimum absolute atomic E-state index is 0. The predicted molar refractivity (Wildman–Crippen MR) is 78.2 cm³/mol. The van der Waals surface area contributed by atoms with Crippen molar-refractivity contribution in [2.24, 2.45) is 17.6 Å². The molecule has 110 valence electrons. The van der Waals surface area contributed by atoms with Crippen molar-refractivity contribution < 1.29 is 9.53 Å². The summed E-state index contributed by atoms with van der Waals surface area (Å²) in [6, 6.07) is 0.282. The molecule has 4 atom stereocenters. The van der Waals surface area contributed by atoms with Crippen LogP contribution in [0.1, 0.15) is 26.2 Å². The minimum Gasteiger partial charge on any atom is -0.368 e. The van der Waals surface area contributed by atoms with Crippen LogP contribution in [0.3, 0.4) is 0 Å². The second kappa shape index (κ2) is 7.27. The lowest BCUT2D eigenvalue weighted by Gasteiger charge is -2.22. The minimum atomic E-state index is -0.347. The van der Waals surface area contributed by atoms with Gasteiger partial charge < -0.3 is 15.4 Å². The van der Waals surface area contributed by atoms with Gasteiger partial charge in [-0.2, -0.15) is 0 Å². The van der Waals surface area contributed by atoms with Crippen molar-refractivity contribution in [2.45, 2.75) is 38.3 Å². The van der Waals surface area contributed by atoms with Crippen LogP contribution in [0, 0.1) is 11.8 Å². The van der Waals surface area contributed by atoms with Crippen LogP contribution in [-0.4, -0.2) is 42.6 Å². The molecule has 2 aliphatic rings. The lowest BCUT2D eigenvalue weighted by atomic mass is 9.98. The second-order valence-corrected chi connectivity index (χ2v) is 5.50. The molecule has 1 aliphatic carbocycles. The number of fused-ring (bicyclic) bond motifs is 1. The van der Waals surface area contributed by atoms with Crippen molar-refractivity contribution in [2.75, 3.05) is 19.7 Å². The van der Waals surface area contributed by atoms with Gasteiger partial charge in [-0.05, 0) is 38.0 Å². The van der Waals surface area contributed by atoms with E-state index >= 15 is 0 Å². The van der Waals surface area contributed by atoms with E-state index in [0.717, 1.165) is 25.9 Å². The average Bonchev–Trinajstić information content (AvgIpc) is 2.91. The molecule has 2 rings (SSSR count). The Morgan fingerprint density at radius 1 is 1.53 bits per heavy atom. The zero-order valence-electron chi connectivity index (χ0n) is 11.6. The third kappa shape index (κ3) is 3.71. The van der Waals surface area contributed by atoms with E-state index in [2.05, 4.69) is 6.58 Å². The summed E-state index contributed by atoms with van der Waals surface area (Å²) in [6.45, 7) is 7.72. The molecular weight excluding hydrogens is 264 g/mol. The zero-order chi connectivity index (χ0) is 13.1. The maximum atomic E-state index is 12.2. The van der Waals surface area contributed by atoms with E-state index < -0.39 is 0 Å². The van der Waals surface area contributed by atoms with Crippen LogP contribution in [0.4, 0.5) is 0 Å². The van der Waals surface area contributed by atoms with E-state index in [1.165, 1.54) is 6.42 Å². The van der Waals surface area contributed by atoms with Crippen molar-refractivity contribution in [3.05, 3.63) is 12.7 Å². The van der Waals surface area contributed by atoms with Crippen molar-refractivity contribution in [3.8, 4) is 0 Å². The quantitative estimate of drug-likeness (QED) is 0.617. The Balaban J connectivity index is 0.00000180. The number of amides is 1. The third-order valence-electron chi connectivity index (χ3n) is 4.26. The smallest absolute Gasteiger partial charge is 0.251 e. The number of carbonyl (C=O) groups is 1. The summed E-state index contributed by atoms with van der Waals surface area (Å²) >= 11 is 0. The number of hydrogen-bond acceptors (Lipinski definition) is 3. The zero-order valence-corrected chi connectivity index (χ0v) is 12.4. The van der Waals surface area contributed by atoms with E-state index in [4.69, 9.17) is 10.5 Å². The van der Waals surface area contributed by atoms with Gasteiger partial charge in [0.2, 0.25) is 0 Å². The molecule has 0 aromatic carbocycles. The van der Waals surface area contributed by atoms with Crippen LogP contribution in [0.25, 0.3) is 0 Å². The van der Waals surface area contributed by atoms with E-state index in [0.29, 0.717) is 18.4 Å². The van der Waals surface area contributed by atoms with Crippen LogP contribution in [-0.2, 0) is 9.53 Å². The van der Waals surface area contributed by atoms with E-state index in [1.807, 2.05) is 11.8 Å². The normalized spacial score (nSPS) is 30.6. The molecule has 1 aliphatic heterocycles. The summed E-state index contributed by atoms with van der Waals surface area (Å²) in [7, 11) is 0. The Kier molecular flexibility index (Phi) is 6.30. The van der Waals surface area contributed by atoms with Crippen LogP contribution in [0.5, 0.6) is 0 Å². The van der Waals surface area contributed by atoms with E-state index in [9.17, 15) is 4.79 Å². The van der Waals surface area contributed by atoms with Gasteiger partial charge in [0, 0.05) is 19.1 Å². The Morgan fingerprint density at radius 2 is 2.26 bits per heavy atom. The molecule has 5 heteroatoms. The first-order valence-electron chi connectivity index (χ1n) is 6.90. The average molecular weight is 289 g/mol. The number of ether oxygens (including phenoxy) is 1. The molecule has 0 radical (unpaired) electrons. The molecule has 2 N–H and O–H groups in total. The number of nitrogens with zero attached hydrogens (tertiary/aromatic N) is 1. The number of halogens is 1. The first-order valence-corrected chi connectivity index (χ1v) is 6.90. The molecule has 19 heavy (non-hydrogen) atoms. The van der Waals surface area contributed by atoms with Gasteiger partial charge in [0.1, 0.15) is 6.10 Å². The SMILES string of the molecule is C=CCCOC(C)C(=O)N1CC2CCC(N)C2C1.Cl. The second-order valence-electron chi connectivity index (χ2n) is 5.50. The highest BCUT2D eigenvalue weighted by molar-refractivity contribution is 5.85. The molecule has 1 saturated carbocycles.